The fourth-order valence-electron chi connectivity index (χ4n) is 0. The summed E-state index contributed by atoms with van der Waals surface area (Å²) >= 11 is 1.21. The van der Waals surface area contributed by atoms with Gasteiger partial charge in [0.1, 0.15) is 0 Å². The van der Waals surface area contributed by atoms with Crippen LogP contribution in [0.4, 0.5) is 0 Å². The van der Waals surface area contributed by atoms with Crippen LogP contribution in [0.5, 0.6) is 0 Å². The van der Waals surface area contributed by atoms with E-state index in [1.54, 1.807) is 0 Å². The Hall–Kier alpha value is 0.323. The van der Waals surface area contributed by atoms with Gasteiger partial charge in [0, 0.05) is 0 Å². The standard InChI is InChI=1S/C2H3.O.Zn/c1-2;;/h1H,2H2;;/q;-2;+2. The summed E-state index contributed by atoms with van der Waals surface area (Å²) in [5, 5.41) is 0. The molecule has 0 amide bonds. The van der Waals surface area contributed by atoms with E-state index >= 15 is 0 Å². The van der Waals surface area contributed by atoms with Crippen molar-refractivity contribution in [1.82, 2.24) is 0 Å². The Morgan fingerprint density at radius 1 is 1.75 bits per heavy atom. The maximum absolute atomic E-state index is 3.42. The summed E-state index contributed by atoms with van der Waals surface area (Å²) < 4.78 is 1.88. The van der Waals surface area contributed by atoms with E-state index in [4.69, 9.17) is 0 Å². The number of rotatable bonds is 0. The summed E-state index contributed by atoms with van der Waals surface area (Å²) in [6.07, 6.45) is 0. The number of hydrogen-bond acceptors (Lipinski definition) is 0. The second-order valence-corrected chi connectivity index (χ2v) is 1.50. The second-order valence-electron chi connectivity index (χ2n) is 0.289. The fraction of sp³-hybridized carbons (Fsp3) is 0. The van der Waals surface area contributed by atoms with E-state index in [0.717, 1.165) is 0 Å². The van der Waals surface area contributed by atoms with Crippen LogP contribution in [0.3, 0.4) is 0 Å². The van der Waals surface area contributed by atoms with Gasteiger partial charge in [0.2, 0.25) is 0 Å². The van der Waals surface area contributed by atoms with Gasteiger partial charge in [0.15, 0.2) is 0 Å². The molecule has 0 radical (unpaired) electrons. The average molecular weight is 108 g/mol. The third kappa shape index (κ3) is 38.9. The van der Waals surface area contributed by atoms with E-state index < -0.39 is 0 Å². The molecule has 19 valence electrons. The minimum absolute atomic E-state index is 0. The molecule has 0 rings (SSSR count). The van der Waals surface area contributed by atoms with Crippen molar-refractivity contribution in [1.29, 1.82) is 0 Å². The van der Waals surface area contributed by atoms with E-state index in [9.17, 15) is 0 Å². The van der Waals surface area contributed by atoms with Gasteiger partial charge in [-0.3, -0.25) is 0 Å². The van der Waals surface area contributed by atoms with Crippen LogP contribution < -0.4 is 0 Å². The number of hydrogen-bond donors (Lipinski definition) is 0. The minimum Gasteiger partial charge on any atom is -2.00 e. The Morgan fingerprint density at radius 3 is 1.75 bits per heavy atom. The summed E-state index contributed by atoms with van der Waals surface area (Å²) in [6, 6.07) is 0. The summed E-state index contributed by atoms with van der Waals surface area (Å²) in [4.78, 5) is 0. The van der Waals surface area contributed by atoms with Crippen LogP contribution in [0.1, 0.15) is 0 Å². The van der Waals surface area contributed by atoms with Crippen LogP contribution in [0.15, 0.2) is 11.2 Å². The molecule has 0 fully saturated rings. The van der Waals surface area contributed by atoms with Gasteiger partial charge in [-0.05, 0) is 0 Å². The normalized spacial score (nSPS) is 3.50. The third-order valence-electron chi connectivity index (χ3n) is 0. The van der Waals surface area contributed by atoms with Crippen molar-refractivity contribution in [2.75, 3.05) is 0 Å². The van der Waals surface area contributed by atoms with Crippen molar-refractivity contribution in [2.45, 2.75) is 0 Å². The van der Waals surface area contributed by atoms with Crippen LogP contribution in [0.25, 0.3) is 0 Å². The Kier molecular flexibility index (Phi) is 22.7. The molecule has 0 aliphatic rings. The molecule has 0 N–H and O–H groups in total. The van der Waals surface area contributed by atoms with Crippen LogP contribution >= 0.6 is 0 Å². The monoisotopic (exact) mass is 107 g/mol. The van der Waals surface area contributed by atoms with Gasteiger partial charge in [-0.1, -0.05) is 0 Å². The predicted molar refractivity (Wildman–Crippen MR) is 10.9 cm³/mol. The first-order valence-electron chi connectivity index (χ1n) is 0.816. The average Bonchev–Trinajstić information content (AvgIpc) is 0.918. The van der Waals surface area contributed by atoms with Crippen molar-refractivity contribution in [3.63, 3.8) is 0 Å². The summed E-state index contributed by atoms with van der Waals surface area (Å²) in [7, 11) is 0. The largest absolute Gasteiger partial charge is 2.00 e. The summed E-state index contributed by atoms with van der Waals surface area (Å²) in [6.45, 7) is 3.42. The molecule has 0 atom stereocenters. The molecular weight excluding hydrogens is 105 g/mol. The molecule has 1 nitrogen and oxygen atoms in total. The van der Waals surface area contributed by atoms with Gasteiger partial charge in [0.25, 0.3) is 0 Å². The van der Waals surface area contributed by atoms with Crippen LogP contribution in [-0.4, -0.2) is 0 Å². The van der Waals surface area contributed by atoms with Crippen molar-refractivity contribution in [3.05, 3.63) is 11.2 Å². The maximum Gasteiger partial charge on any atom is -2.00 e. The van der Waals surface area contributed by atoms with E-state index in [1.165, 1.54) is 18.3 Å². The van der Waals surface area contributed by atoms with Crippen molar-refractivity contribution >= 4 is 0 Å². The fourth-order valence-corrected chi connectivity index (χ4v) is 0. The first-order valence-corrected chi connectivity index (χ1v) is 2.53. The molecule has 0 aromatic heterocycles. The first kappa shape index (κ1) is 8.85. The predicted octanol–water partition coefficient (Wildman–Crippen LogP) is 0.558. The molecule has 0 aliphatic carbocycles. The molecule has 0 bridgehead atoms. The molecule has 0 aromatic carbocycles. The smallest absolute Gasteiger partial charge is 2.00 e. The Labute approximate surface area is 35.7 Å². The van der Waals surface area contributed by atoms with Gasteiger partial charge in [-0.25, -0.2) is 0 Å². The summed E-state index contributed by atoms with van der Waals surface area (Å²) in [5.41, 5.74) is 0. The molecule has 2 heteroatoms. The summed E-state index contributed by atoms with van der Waals surface area (Å²) in [5.74, 6) is 0. The zero-order valence-corrected chi connectivity index (χ0v) is 5.37. The van der Waals surface area contributed by atoms with Gasteiger partial charge in [-0.15, -0.1) is 0 Å². The van der Waals surface area contributed by atoms with E-state index in [2.05, 4.69) is 6.58 Å². The van der Waals surface area contributed by atoms with Gasteiger partial charge < -0.3 is 5.48 Å². The second kappa shape index (κ2) is 10.2. The molecule has 0 saturated heterocycles. The van der Waals surface area contributed by atoms with Gasteiger partial charge in [-0.2, -0.15) is 0 Å². The Bertz CT molecular complexity index is 13.5. The topological polar surface area (TPSA) is 28.5 Å². The molecule has 4 heavy (non-hydrogen) atoms. The van der Waals surface area contributed by atoms with Crippen LogP contribution in [0, 0.1) is 0 Å². The van der Waals surface area contributed by atoms with Gasteiger partial charge in [0.05, 0.1) is 0 Å². The zero-order chi connectivity index (χ0) is 2.71. The van der Waals surface area contributed by atoms with E-state index in [1.807, 2.05) is 4.67 Å². The van der Waals surface area contributed by atoms with Crippen molar-refractivity contribution < 1.29 is 23.8 Å². The maximum atomic E-state index is 3.42. The first-order chi connectivity index (χ1) is 1.41. The molecule has 0 heterocycles. The molecule has 0 unspecified atom stereocenters. The molecule has 0 aromatic rings. The van der Waals surface area contributed by atoms with Crippen LogP contribution in [-0.2, 0) is 23.8 Å². The van der Waals surface area contributed by atoms with E-state index in [-0.39, 0.29) is 5.48 Å². The zero-order valence-electron chi connectivity index (χ0n) is 2.40. The quantitative estimate of drug-likeness (QED) is 0.406. The van der Waals surface area contributed by atoms with Crippen molar-refractivity contribution in [2.24, 2.45) is 0 Å². The Balaban J connectivity index is 0. The minimum atomic E-state index is 0. The molecule has 0 saturated carbocycles. The Morgan fingerprint density at radius 2 is 1.75 bits per heavy atom. The molecule has 0 spiro atoms. The van der Waals surface area contributed by atoms with E-state index in [0.29, 0.717) is 0 Å². The van der Waals surface area contributed by atoms with Gasteiger partial charge >= 0.3 is 29.6 Å². The van der Waals surface area contributed by atoms with Crippen LogP contribution in [0.2, 0.25) is 0 Å². The molecular formula is C2H3OZn. The molecule has 0 aliphatic heterocycles. The SMILES string of the molecule is C=[CH][Zn+2].[O-2]. The third-order valence-corrected chi connectivity index (χ3v) is 0. The van der Waals surface area contributed by atoms with Crippen molar-refractivity contribution in [3.8, 4) is 0 Å².